The highest BCUT2D eigenvalue weighted by molar-refractivity contribution is 5.88. The summed E-state index contributed by atoms with van der Waals surface area (Å²) in [7, 11) is 0. The third-order valence-corrected chi connectivity index (χ3v) is 2.85. The number of H-pyrrole nitrogens is 1. The van der Waals surface area contributed by atoms with Crippen molar-refractivity contribution in [3.8, 4) is 0 Å². The number of aromatic nitrogens is 4. The second-order valence-corrected chi connectivity index (χ2v) is 3.86. The van der Waals surface area contributed by atoms with Crippen molar-refractivity contribution in [2.24, 2.45) is 0 Å². The summed E-state index contributed by atoms with van der Waals surface area (Å²) in [6.45, 7) is 1.46. The standard InChI is InChI=1S/C10H11N5O/c16-7-1-3-15(4-2-7)10-8-5-13-14-9(8)11-6-12-10/h5-6H,1-4H2,(H,11,12,13,14). The lowest BCUT2D eigenvalue weighted by atomic mass is 10.1. The first-order valence-corrected chi connectivity index (χ1v) is 5.25. The maximum absolute atomic E-state index is 11.2. The topological polar surface area (TPSA) is 74.8 Å². The number of rotatable bonds is 1. The van der Waals surface area contributed by atoms with E-state index in [1.807, 2.05) is 0 Å². The van der Waals surface area contributed by atoms with Crippen molar-refractivity contribution in [2.75, 3.05) is 18.0 Å². The summed E-state index contributed by atoms with van der Waals surface area (Å²) in [5.41, 5.74) is 0.738. The quantitative estimate of drug-likeness (QED) is 0.753. The SMILES string of the molecule is O=C1CCN(c2ncnc3[nH]ncc23)CC1. The Hall–Kier alpha value is -1.98. The molecule has 0 spiro atoms. The highest BCUT2D eigenvalue weighted by Crippen LogP contribution is 2.23. The van der Waals surface area contributed by atoms with E-state index in [1.54, 1.807) is 6.20 Å². The molecular formula is C10H11N5O. The zero-order valence-corrected chi connectivity index (χ0v) is 8.68. The largest absolute Gasteiger partial charge is 0.355 e. The third-order valence-electron chi connectivity index (χ3n) is 2.85. The summed E-state index contributed by atoms with van der Waals surface area (Å²) < 4.78 is 0. The number of hydrogen-bond donors (Lipinski definition) is 1. The molecule has 0 radical (unpaired) electrons. The predicted molar refractivity (Wildman–Crippen MR) is 58.1 cm³/mol. The van der Waals surface area contributed by atoms with Crippen LogP contribution in [0.1, 0.15) is 12.8 Å². The number of fused-ring (bicyclic) bond motifs is 1. The molecule has 0 saturated carbocycles. The summed E-state index contributed by atoms with van der Waals surface area (Å²) in [6.07, 6.45) is 4.44. The van der Waals surface area contributed by atoms with E-state index in [9.17, 15) is 4.79 Å². The second kappa shape index (κ2) is 3.55. The Morgan fingerprint density at radius 3 is 2.88 bits per heavy atom. The maximum Gasteiger partial charge on any atom is 0.160 e. The van der Waals surface area contributed by atoms with Gasteiger partial charge in [0.15, 0.2) is 5.65 Å². The molecule has 82 valence electrons. The van der Waals surface area contributed by atoms with E-state index in [0.29, 0.717) is 18.6 Å². The molecule has 0 aromatic carbocycles. The van der Waals surface area contributed by atoms with E-state index in [2.05, 4.69) is 25.1 Å². The Kier molecular flexibility index (Phi) is 2.05. The van der Waals surface area contributed by atoms with Crippen LogP contribution in [0.5, 0.6) is 0 Å². The molecule has 1 saturated heterocycles. The average molecular weight is 217 g/mol. The van der Waals surface area contributed by atoms with Crippen LogP contribution in [0, 0.1) is 0 Å². The predicted octanol–water partition coefficient (Wildman–Crippen LogP) is 0.522. The van der Waals surface area contributed by atoms with Gasteiger partial charge in [0.25, 0.3) is 0 Å². The number of aromatic amines is 1. The highest BCUT2D eigenvalue weighted by Gasteiger charge is 2.19. The number of piperidine rings is 1. The molecule has 2 aromatic heterocycles. The van der Waals surface area contributed by atoms with E-state index in [0.717, 1.165) is 29.9 Å². The molecule has 0 unspecified atom stereocenters. The monoisotopic (exact) mass is 217 g/mol. The lowest BCUT2D eigenvalue weighted by Gasteiger charge is -2.27. The van der Waals surface area contributed by atoms with Gasteiger partial charge in [-0.1, -0.05) is 0 Å². The van der Waals surface area contributed by atoms with Crippen molar-refractivity contribution in [3.63, 3.8) is 0 Å². The van der Waals surface area contributed by atoms with Crippen LogP contribution in [0.3, 0.4) is 0 Å². The Morgan fingerprint density at radius 1 is 1.25 bits per heavy atom. The van der Waals surface area contributed by atoms with Crippen LogP contribution >= 0.6 is 0 Å². The fourth-order valence-electron chi connectivity index (χ4n) is 1.97. The average Bonchev–Trinajstić information content (AvgIpc) is 2.78. The highest BCUT2D eigenvalue weighted by atomic mass is 16.1. The number of ketones is 1. The van der Waals surface area contributed by atoms with E-state index in [4.69, 9.17) is 0 Å². The zero-order valence-electron chi connectivity index (χ0n) is 8.68. The Balaban J connectivity index is 1.99. The van der Waals surface area contributed by atoms with Gasteiger partial charge in [-0.15, -0.1) is 0 Å². The molecule has 1 N–H and O–H groups in total. The van der Waals surface area contributed by atoms with Crippen molar-refractivity contribution in [1.82, 2.24) is 20.2 Å². The first kappa shape index (κ1) is 9.26. The summed E-state index contributed by atoms with van der Waals surface area (Å²) in [4.78, 5) is 21.6. The minimum atomic E-state index is 0.328. The summed E-state index contributed by atoms with van der Waals surface area (Å²) in [5.74, 6) is 1.19. The van der Waals surface area contributed by atoms with Gasteiger partial charge in [0.2, 0.25) is 0 Å². The number of anilines is 1. The maximum atomic E-state index is 11.2. The molecule has 0 atom stereocenters. The van der Waals surface area contributed by atoms with Gasteiger partial charge < -0.3 is 4.90 Å². The third kappa shape index (κ3) is 1.42. The van der Waals surface area contributed by atoms with E-state index >= 15 is 0 Å². The van der Waals surface area contributed by atoms with Crippen molar-refractivity contribution < 1.29 is 4.79 Å². The minimum absolute atomic E-state index is 0.328. The van der Waals surface area contributed by atoms with Gasteiger partial charge in [-0.2, -0.15) is 5.10 Å². The molecular weight excluding hydrogens is 206 g/mol. The van der Waals surface area contributed by atoms with Crippen LogP contribution in [0.25, 0.3) is 11.0 Å². The zero-order chi connectivity index (χ0) is 11.0. The molecule has 1 aliphatic rings. The van der Waals surface area contributed by atoms with Crippen molar-refractivity contribution in [1.29, 1.82) is 0 Å². The number of nitrogens with one attached hydrogen (secondary N) is 1. The molecule has 1 aliphatic heterocycles. The summed E-state index contributed by atoms with van der Waals surface area (Å²) in [6, 6.07) is 0. The smallest absolute Gasteiger partial charge is 0.160 e. The van der Waals surface area contributed by atoms with Gasteiger partial charge in [-0.25, -0.2) is 9.97 Å². The fourth-order valence-corrected chi connectivity index (χ4v) is 1.97. The molecule has 6 nitrogen and oxygen atoms in total. The van der Waals surface area contributed by atoms with Crippen LogP contribution < -0.4 is 4.90 Å². The molecule has 1 fully saturated rings. The molecule has 3 rings (SSSR count). The van der Waals surface area contributed by atoms with Gasteiger partial charge >= 0.3 is 0 Å². The van der Waals surface area contributed by atoms with Crippen LogP contribution in [0.2, 0.25) is 0 Å². The molecule has 6 heteroatoms. The van der Waals surface area contributed by atoms with Gasteiger partial charge in [0, 0.05) is 25.9 Å². The molecule has 0 bridgehead atoms. The lowest BCUT2D eigenvalue weighted by Crippen LogP contribution is -2.34. The number of Topliss-reactive ketones (excluding diaryl/α,β-unsaturated/α-hetero) is 1. The molecule has 2 aromatic rings. The van der Waals surface area contributed by atoms with Crippen LogP contribution in [-0.4, -0.2) is 39.0 Å². The molecule has 0 amide bonds. The number of hydrogen-bond acceptors (Lipinski definition) is 5. The number of carbonyl (C=O) groups excluding carboxylic acids is 1. The Bertz CT molecular complexity index is 525. The molecule has 3 heterocycles. The fraction of sp³-hybridized carbons (Fsp3) is 0.400. The molecule has 0 aliphatic carbocycles. The first-order chi connectivity index (χ1) is 7.84. The minimum Gasteiger partial charge on any atom is -0.355 e. The van der Waals surface area contributed by atoms with Crippen LogP contribution in [0.4, 0.5) is 5.82 Å². The van der Waals surface area contributed by atoms with Gasteiger partial charge in [0.1, 0.15) is 17.9 Å². The van der Waals surface area contributed by atoms with E-state index in [-0.39, 0.29) is 0 Å². The van der Waals surface area contributed by atoms with Gasteiger partial charge in [0.05, 0.1) is 11.6 Å². The van der Waals surface area contributed by atoms with Crippen LogP contribution in [0.15, 0.2) is 12.5 Å². The van der Waals surface area contributed by atoms with Crippen molar-refractivity contribution >= 4 is 22.6 Å². The van der Waals surface area contributed by atoms with Gasteiger partial charge in [-0.05, 0) is 0 Å². The second-order valence-electron chi connectivity index (χ2n) is 3.86. The normalized spacial score (nSPS) is 17.0. The van der Waals surface area contributed by atoms with Crippen molar-refractivity contribution in [3.05, 3.63) is 12.5 Å². The first-order valence-electron chi connectivity index (χ1n) is 5.25. The van der Waals surface area contributed by atoms with Crippen LogP contribution in [-0.2, 0) is 4.79 Å². The van der Waals surface area contributed by atoms with Gasteiger partial charge in [-0.3, -0.25) is 9.89 Å². The summed E-state index contributed by atoms with van der Waals surface area (Å²) >= 11 is 0. The van der Waals surface area contributed by atoms with E-state index < -0.39 is 0 Å². The Labute approximate surface area is 91.7 Å². The van der Waals surface area contributed by atoms with E-state index in [1.165, 1.54) is 6.33 Å². The molecule has 16 heavy (non-hydrogen) atoms. The lowest BCUT2D eigenvalue weighted by molar-refractivity contribution is -0.119. The van der Waals surface area contributed by atoms with Crippen molar-refractivity contribution in [2.45, 2.75) is 12.8 Å². The summed E-state index contributed by atoms with van der Waals surface area (Å²) in [5, 5.41) is 7.68. The Morgan fingerprint density at radius 2 is 2.06 bits per heavy atom. The number of carbonyl (C=O) groups is 1. The number of nitrogens with zero attached hydrogens (tertiary/aromatic N) is 4.